The summed E-state index contributed by atoms with van der Waals surface area (Å²) in [6.07, 6.45) is 0.896. The summed E-state index contributed by atoms with van der Waals surface area (Å²) in [4.78, 5) is 43.9. The molecule has 2 amide bonds. The Balaban J connectivity index is 1.82. The standard InChI is InChI=1S/C18H20N4O3/c1-11-9-16(21-18(25)19-11)20-17(24)10-15-14-6-4-3-5-13(14)7-8-22(15)12(2)23/h3-6,9,15H,7-8,10H2,1-2H3,(H2,19,20,21,24,25)/t15-/m0/s1. The fourth-order valence-corrected chi connectivity index (χ4v) is 3.26. The third-order valence-electron chi connectivity index (χ3n) is 4.34. The van der Waals surface area contributed by atoms with E-state index in [1.165, 1.54) is 6.92 Å². The lowest BCUT2D eigenvalue weighted by Crippen LogP contribution is -2.40. The van der Waals surface area contributed by atoms with Gasteiger partial charge in [0, 0.05) is 25.2 Å². The third kappa shape index (κ3) is 3.76. The van der Waals surface area contributed by atoms with Crippen LogP contribution in [0.2, 0.25) is 0 Å². The van der Waals surface area contributed by atoms with Crippen LogP contribution in [-0.4, -0.2) is 33.2 Å². The van der Waals surface area contributed by atoms with Crippen molar-refractivity contribution >= 4 is 17.6 Å². The molecule has 3 rings (SSSR count). The van der Waals surface area contributed by atoms with E-state index in [-0.39, 0.29) is 30.1 Å². The van der Waals surface area contributed by atoms with Gasteiger partial charge >= 0.3 is 5.69 Å². The highest BCUT2D eigenvalue weighted by molar-refractivity contribution is 5.90. The number of hydrogen-bond donors (Lipinski definition) is 2. The van der Waals surface area contributed by atoms with Gasteiger partial charge < -0.3 is 15.2 Å². The molecule has 7 nitrogen and oxygen atoms in total. The number of amides is 2. The number of carbonyl (C=O) groups excluding carboxylic acids is 2. The third-order valence-corrected chi connectivity index (χ3v) is 4.34. The fraction of sp³-hybridized carbons (Fsp3) is 0.333. The number of hydrogen-bond acceptors (Lipinski definition) is 4. The zero-order chi connectivity index (χ0) is 18.0. The van der Waals surface area contributed by atoms with Gasteiger partial charge in [-0.25, -0.2) is 4.79 Å². The predicted molar refractivity (Wildman–Crippen MR) is 93.1 cm³/mol. The number of nitrogens with zero attached hydrogens (tertiary/aromatic N) is 2. The number of aryl methyl sites for hydroxylation is 1. The van der Waals surface area contributed by atoms with Crippen LogP contribution in [0, 0.1) is 6.92 Å². The van der Waals surface area contributed by atoms with Crippen molar-refractivity contribution in [1.29, 1.82) is 0 Å². The van der Waals surface area contributed by atoms with Crippen molar-refractivity contribution < 1.29 is 9.59 Å². The average molecular weight is 340 g/mol. The number of aromatic nitrogens is 2. The molecule has 0 unspecified atom stereocenters. The molecule has 0 saturated heterocycles. The Hall–Kier alpha value is -2.96. The molecule has 25 heavy (non-hydrogen) atoms. The van der Waals surface area contributed by atoms with E-state index < -0.39 is 5.69 Å². The topological polar surface area (TPSA) is 95.2 Å². The highest BCUT2D eigenvalue weighted by Crippen LogP contribution is 2.32. The lowest BCUT2D eigenvalue weighted by atomic mass is 9.90. The second-order valence-corrected chi connectivity index (χ2v) is 6.18. The fourth-order valence-electron chi connectivity index (χ4n) is 3.26. The van der Waals surface area contributed by atoms with Crippen molar-refractivity contribution in [3.05, 3.63) is 57.6 Å². The van der Waals surface area contributed by atoms with Crippen LogP contribution in [0.4, 0.5) is 5.82 Å². The van der Waals surface area contributed by atoms with Crippen LogP contribution in [0.3, 0.4) is 0 Å². The highest BCUT2D eigenvalue weighted by atomic mass is 16.2. The van der Waals surface area contributed by atoms with Gasteiger partial charge in [0.2, 0.25) is 11.8 Å². The summed E-state index contributed by atoms with van der Waals surface area (Å²) in [5.41, 5.74) is 2.25. The minimum atomic E-state index is -0.510. The zero-order valence-electron chi connectivity index (χ0n) is 14.2. The highest BCUT2D eigenvalue weighted by Gasteiger charge is 2.30. The van der Waals surface area contributed by atoms with Crippen molar-refractivity contribution in [3.63, 3.8) is 0 Å². The Labute approximate surface area is 145 Å². The van der Waals surface area contributed by atoms with Crippen molar-refractivity contribution in [2.45, 2.75) is 32.7 Å². The summed E-state index contributed by atoms with van der Waals surface area (Å²) >= 11 is 0. The molecule has 1 aliphatic rings. The monoisotopic (exact) mass is 340 g/mol. The Bertz CT molecular complexity index is 875. The molecule has 1 aliphatic heterocycles. The minimum Gasteiger partial charge on any atom is -0.335 e. The molecular weight excluding hydrogens is 320 g/mol. The van der Waals surface area contributed by atoms with Gasteiger partial charge in [0.15, 0.2) is 0 Å². The first-order valence-corrected chi connectivity index (χ1v) is 8.17. The van der Waals surface area contributed by atoms with E-state index in [4.69, 9.17) is 0 Å². The van der Waals surface area contributed by atoms with Crippen LogP contribution in [-0.2, 0) is 16.0 Å². The maximum atomic E-state index is 12.5. The minimum absolute atomic E-state index is 0.0579. The summed E-state index contributed by atoms with van der Waals surface area (Å²) in [5.74, 6) is -0.132. The summed E-state index contributed by atoms with van der Waals surface area (Å²) in [6.45, 7) is 3.82. The van der Waals surface area contributed by atoms with Gasteiger partial charge in [0.1, 0.15) is 5.82 Å². The number of nitrogens with one attached hydrogen (secondary N) is 2. The normalized spacial score (nSPS) is 16.2. The van der Waals surface area contributed by atoms with E-state index in [0.29, 0.717) is 12.2 Å². The maximum absolute atomic E-state index is 12.5. The predicted octanol–water partition coefficient (Wildman–Crippen LogP) is 1.55. The van der Waals surface area contributed by atoms with E-state index >= 15 is 0 Å². The van der Waals surface area contributed by atoms with Gasteiger partial charge in [-0.2, -0.15) is 4.98 Å². The first-order chi connectivity index (χ1) is 11.9. The molecule has 2 N–H and O–H groups in total. The number of anilines is 1. The van der Waals surface area contributed by atoms with Crippen LogP contribution < -0.4 is 11.0 Å². The first-order valence-electron chi connectivity index (χ1n) is 8.17. The Morgan fingerprint density at radius 3 is 2.84 bits per heavy atom. The lowest BCUT2D eigenvalue weighted by molar-refractivity contribution is -0.132. The SMILES string of the molecule is CC(=O)N1CCc2ccccc2[C@@H]1CC(=O)Nc1cc(C)[nH]c(=O)n1. The second kappa shape index (κ2) is 6.88. The largest absolute Gasteiger partial charge is 0.347 e. The van der Waals surface area contributed by atoms with Gasteiger partial charge in [0.25, 0.3) is 0 Å². The molecule has 130 valence electrons. The van der Waals surface area contributed by atoms with Gasteiger partial charge in [-0.3, -0.25) is 9.59 Å². The van der Waals surface area contributed by atoms with Crippen molar-refractivity contribution in [2.75, 3.05) is 11.9 Å². The van der Waals surface area contributed by atoms with E-state index in [1.807, 2.05) is 24.3 Å². The Morgan fingerprint density at radius 2 is 2.12 bits per heavy atom. The van der Waals surface area contributed by atoms with Crippen LogP contribution in [0.15, 0.2) is 35.1 Å². The molecule has 0 radical (unpaired) electrons. The Kier molecular flexibility index (Phi) is 4.65. The molecule has 0 saturated carbocycles. The molecule has 1 aromatic heterocycles. The van der Waals surface area contributed by atoms with E-state index in [2.05, 4.69) is 15.3 Å². The number of aromatic amines is 1. The summed E-state index contributed by atoms with van der Waals surface area (Å²) < 4.78 is 0. The van der Waals surface area contributed by atoms with Crippen molar-refractivity contribution in [2.24, 2.45) is 0 Å². The molecule has 1 aromatic carbocycles. The Morgan fingerprint density at radius 1 is 1.36 bits per heavy atom. The van der Waals surface area contributed by atoms with Gasteiger partial charge in [0.05, 0.1) is 12.5 Å². The molecule has 0 fully saturated rings. The zero-order valence-corrected chi connectivity index (χ0v) is 14.2. The summed E-state index contributed by atoms with van der Waals surface area (Å²) in [5, 5.41) is 2.65. The van der Waals surface area contributed by atoms with Gasteiger partial charge in [-0.15, -0.1) is 0 Å². The number of rotatable bonds is 3. The van der Waals surface area contributed by atoms with Crippen LogP contribution in [0.25, 0.3) is 0 Å². The van der Waals surface area contributed by atoms with E-state index in [1.54, 1.807) is 17.9 Å². The number of benzene rings is 1. The quantitative estimate of drug-likeness (QED) is 0.886. The van der Waals surface area contributed by atoms with Gasteiger partial charge in [-0.1, -0.05) is 24.3 Å². The van der Waals surface area contributed by atoms with E-state index in [0.717, 1.165) is 17.5 Å². The van der Waals surface area contributed by atoms with Crippen molar-refractivity contribution in [1.82, 2.24) is 14.9 Å². The summed E-state index contributed by atoms with van der Waals surface area (Å²) in [7, 11) is 0. The molecule has 2 aromatic rings. The molecule has 0 spiro atoms. The number of fused-ring (bicyclic) bond motifs is 1. The average Bonchev–Trinajstić information content (AvgIpc) is 2.53. The molecule has 0 aliphatic carbocycles. The number of H-pyrrole nitrogens is 1. The molecular formula is C18H20N4O3. The van der Waals surface area contributed by atoms with E-state index in [9.17, 15) is 14.4 Å². The molecule has 0 bridgehead atoms. The van der Waals surface area contributed by atoms with Crippen LogP contribution >= 0.6 is 0 Å². The second-order valence-electron chi connectivity index (χ2n) is 6.18. The first kappa shape index (κ1) is 16.9. The molecule has 2 heterocycles. The van der Waals surface area contributed by atoms with Gasteiger partial charge in [-0.05, 0) is 24.5 Å². The maximum Gasteiger partial charge on any atom is 0.347 e. The summed E-state index contributed by atoms with van der Waals surface area (Å²) in [6, 6.07) is 9.14. The van der Waals surface area contributed by atoms with Crippen LogP contribution in [0.5, 0.6) is 0 Å². The number of carbonyl (C=O) groups is 2. The smallest absolute Gasteiger partial charge is 0.335 e. The molecule has 7 heteroatoms. The molecule has 1 atom stereocenters. The van der Waals surface area contributed by atoms with Crippen LogP contribution in [0.1, 0.15) is 36.2 Å². The lowest BCUT2D eigenvalue weighted by Gasteiger charge is -2.36. The van der Waals surface area contributed by atoms with Crippen molar-refractivity contribution in [3.8, 4) is 0 Å².